The van der Waals surface area contributed by atoms with E-state index in [1.165, 1.54) is 0 Å². The van der Waals surface area contributed by atoms with Crippen molar-refractivity contribution in [1.82, 2.24) is 40.2 Å². The molecule has 0 radical (unpaired) electrons. The lowest BCUT2D eigenvalue weighted by Gasteiger charge is -2.27. The summed E-state index contributed by atoms with van der Waals surface area (Å²) in [7, 11) is 3.39. The molecule has 3 N–H and O–H groups in total. The number of aryl methyl sites for hydroxylation is 2. The van der Waals surface area contributed by atoms with Crippen molar-refractivity contribution in [3.63, 3.8) is 0 Å². The Hall–Kier alpha value is -3.99. The van der Waals surface area contributed by atoms with Gasteiger partial charge in [0.1, 0.15) is 11.8 Å². The number of hydrogen-bond donors (Lipinski definition) is 3. The smallest absolute Gasteiger partial charge is 0.272 e. The second-order valence-corrected chi connectivity index (χ2v) is 7.57. The first-order valence-corrected chi connectivity index (χ1v) is 10.2. The van der Waals surface area contributed by atoms with E-state index >= 15 is 0 Å². The highest BCUT2D eigenvalue weighted by atomic mass is 16.5. The van der Waals surface area contributed by atoms with E-state index in [0.717, 1.165) is 41.1 Å². The molecule has 0 bridgehead atoms. The van der Waals surface area contributed by atoms with E-state index in [4.69, 9.17) is 4.74 Å². The number of ether oxygens (including phenoxy) is 1. The predicted molar refractivity (Wildman–Crippen MR) is 119 cm³/mol. The zero-order chi connectivity index (χ0) is 22.2. The van der Waals surface area contributed by atoms with E-state index in [-0.39, 0.29) is 12.0 Å². The second kappa shape index (κ2) is 7.93. The van der Waals surface area contributed by atoms with Gasteiger partial charge in [0, 0.05) is 50.5 Å². The molecule has 11 nitrogen and oxygen atoms in total. The summed E-state index contributed by atoms with van der Waals surface area (Å²) in [4.78, 5) is 21.1. The van der Waals surface area contributed by atoms with Gasteiger partial charge in [0.05, 0.1) is 11.7 Å². The Morgan fingerprint density at radius 3 is 2.84 bits per heavy atom. The van der Waals surface area contributed by atoms with Gasteiger partial charge in [0.15, 0.2) is 17.3 Å². The summed E-state index contributed by atoms with van der Waals surface area (Å²) in [5.41, 5.74) is 2.76. The fourth-order valence-corrected chi connectivity index (χ4v) is 3.50. The lowest BCUT2D eigenvalue weighted by atomic mass is 10.2. The molecule has 0 saturated carbocycles. The quantitative estimate of drug-likeness (QED) is 0.416. The van der Waals surface area contributed by atoms with Gasteiger partial charge in [-0.15, -0.1) is 0 Å². The fourth-order valence-electron chi connectivity index (χ4n) is 3.50. The topological polar surface area (TPSA) is 124 Å². The summed E-state index contributed by atoms with van der Waals surface area (Å²) in [6.45, 7) is 3.59. The Morgan fingerprint density at radius 2 is 2.09 bits per heavy atom. The van der Waals surface area contributed by atoms with Crippen LogP contribution in [0.1, 0.15) is 16.2 Å². The SMILES string of the molecule is CNC(=O)c1nn(C)c2ccc(Nc3nccc(-n4cc(OC5CNC5)c(C)n4)n3)cc12. The minimum absolute atomic E-state index is 0.177. The highest BCUT2D eigenvalue weighted by Gasteiger charge is 2.21. The third kappa shape index (κ3) is 3.62. The fraction of sp³-hybridized carbons (Fsp3) is 0.286. The maximum Gasteiger partial charge on any atom is 0.272 e. The second-order valence-electron chi connectivity index (χ2n) is 7.57. The van der Waals surface area contributed by atoms with Crippen molar-refractivity contribution in [3.05, 3.63) is 48.0 Å². The summed E-state index contributed by atoms with van der Waals surface area (Å²) in [5.74, 6) is 1.52. The summed E-state index contributed by atoms with van der Waals surface area (Å²) < 4.78 is 9.31. The lowest BCUT2D eigenvalue weighted by Crippen LogP contribution is -2.50. The Morgan fingerprint density at radius 1 is 1.25 bits per heavy atom. The van der Waals surface area contributed by atoms with Crippen LogP contribution in [0, 0.1) is 6.92 Å². The molecule has 11 heteroatoms. The third-order valence-corrected chi connectivity index (χ3v) is 5.32. The summed E-state index contributed by atoms with van der Waals surface area (Å²) >= 11 is 0. The summed E-state index contributed by atoms with van der Waals surface area (Å²) in [5, 5.41) is 18.6. The summed E-state index contributed by atoms with van der Waals surface area (Å²) in [6.07, 6.45) is 3.67. The largest absolute Gasteiger partial charge is 0.484 e. The molecule has 4 aromatic rings. The molecule has 3 aromatic heterocycles. The van der Waals surface area contributed by atoms with Gasteiger partial charge in [-0.3, -0.25) is 9.48 Å². The Bertz CT molecular complexity index is 1310. The van der Waals surface area contributed by atoms with Crippen LogP contribution in [-0.2, 0) is 7.05 Å². The first kappa shape index (κ1) is 19.9. The van der Waals surface area contributed by atoms with Gasteiger partial charge in [-0.05, 0) is 25.1 Å². The number of rotatable bonds is 6. The first-order valence-electron chi connectivity index (χ1n) is 10.2. The van der Waals surface area contributed by atoms with E-state index in [0.29, 0.717) is 17.5 Å². The number of fused-ring (bicyclic) bond motifs is 1. The minimum Gasteiger partial charge on any atom is -0.484 e. The van der Waals surface area contributed by atoms with Crippen molar-refractivity contribution in [3.8, 4) is 11.6 Å². The average molecular weight is 433 g/mol. The average Bonchev–Trinajstić information content (AvgIpc) is 3.30. The van der Waals surface area contributed by atoms with Crippen LogP contribution in [0.5, 0.6) is 5.75 Å². The van der Waals surface area contributed by atoms with E-state index in [1.54, 1.807) is 35.7 Å². The zero-order valence-electron chi connectivity index (χ0n) is 18.0. The van der Waals surface area contributed by atoms with Crippen molar-refractivity contribution in [2.75, 3.05) is 25.5 Å². The van der Waals surface area contributed by atoms with Crippen LogP contribution in [0.25, 0.3) is 16.7 Å². The zero-order valence-corrected chi connectivity index (χ0v) is 18.0. The molecule has 1 aromatic carbocycles. The number of carbonyl (C=O) groups excluding carboxylic acids is 1. The molecule has 1 aliphatic heterocycles. The number of amides is 1. The van der Waals surface area contributed by atoms with Crippen LogP contribution in [0.3, 0.4) is 0 Å². The molecule has 1 fully saturated rings. The number of nitrogens with one attached hydrogen (secondary N) is 3. The van der Waals surface area contributed by atoms with Gasteiger partial charge in [-0.25, -0.2) is 9.67 Å². The molecule has 5 rings (SSSR count). The van der Waals surface area contributed by atoms with Crippen molar-refractivity contribution in [1.29, 1.82) is 0 Å². The molecule has 1 aliphatic rings. The van der Waals surface area contributed by atoms with Gasteiger partial charge in [0.2, 0.25) is 5.95 Å². The Kier molecular flexibility index (Phi) is 4.94. The third-order valence-electron chi connectivity index (χ3n) is 5.32. The molecule has 1 amide bonds. The number of hydrogen-bond acceptors (Lipinski definition) is 8. The molecule has 164 valence electrons. The number of aromatic nitrogens is 6. The molecule has 0 aliphatic carbocycles. The minimum atomic E-state index is -0.240. The number of carbonyl (C=O) groups is 1. The van der Waals surface area contributed by atoms with Crippen molar-refractivity contribution in [2.24, 2.45) is 7.05 Å². The summed E-state index contributed by atoms with van der Waals surface area (Å²) in [6, 6.07) is 7.43. The molecular weight excluding hydrogens is 410 g/mol. The van der Waals surface area contributed by atoms with E-state index in [2.05, 4.69) is 36.1 Å². The molecular formula is C21H23N9O2. The van der Waals surface area contributed by atoms with Gasteiger partial charge in [0.25, 0.3) is 5.91 Å². The molecule has 4 heterocycles. The van der Waals surface area contributed by atoms with E-state index < -0.39 is 0 Å². The van der Waals surface area contributed by atoms with Crippen LogP contribution in [-0.4, -0.2) is 61.7 Å². The number of anilines is 2. The Labute approximate surface area is 183 Å². The molecule has 0 atom stereocenters. The van der Waals surface area contributed by atoms with Crippen LogP contribution in [0.15, 0.2) is 36.7 Å². The van der Waals surface area contributed by atoms with Crippen molar-refractivity contribution < 1.29 is 9.53 Å². The standard InChI is InChI=1S/C21H23N9O2/c1-12-17(32-14-9-23-10-14)11-30(27-12)18-6-7-24-21(26-18)25-13-4-5-16-15(8-13)19(20(31)22-2)28-29(16)3/h4-8,11,14,23H,9-10H2,1-3H3,(H,22,31)(H,24,25,26). The molecule has 0 unspecified atom stereocenters. The van der Waals surface area contributed by atoms with Crippen LogP contribution in [0.4, 0.5) is 11.6 Å². The molecule has 1 saturated heterocycles. The van der Waals surface area contributed by atoms with Gasteiger partial charge in [-0.2, -0.15) is 15.2 Å². The lowest BCUT2D eigenvalue weighted by molar-refractivity contribution is 0.0959. The van der Waals surface area contributed by atoms with Gasteiger partial charge < -0.3 is 20.7 Å². The van der Waals surface area contributed by atoms with Crippen LogP contribution >= 0.6 is 0 Å². The van der Waals surface area contributed by atoms with Crippen LogP contribution in [0.2, 0.25) is 0 Å². The number of benzene rings is 1. The first-order chi connectivity index (χ1) is 15.5. The maximum absolute atomic E-state index is 12.2. The van der Waals surface area contributed by atoms with Gasteiger partial charge >= 0.3 is 0 Å². The highest BCUT2D eigenvalue weighted by molar-refractivity contribution is 6.05. The van der Waals surface area contributed by atoms with E-state index in [9.17, 15) is 4.79 Å². The van der Waals surface area contributed by atoms with Crippen molar-refractivity contribution >= 4 is 28.4 Å². The van der Waals surface area contributed by atoms with E-state index in [1.807, 2.05) is 31.3 Å². The van der Waals surface area contributed by atoms with Crippen molar-refractivity contribution in [2.45, 2.75) is 13.0 Å². The maximum atomic E-state index is 12.2. The predicted octanol–water partition coefficient (Wildman–Crippen LogP) is 1.31. The molecule has 0 spiro atoms. The monoisotopic (exact) mass is 433 g/mol. The highest BCUT2D eigenvalue weighted by Crippen LogP contribution is 2.25. The Balaban J connectivity index is 1.41. The normalized spacial score (nSPS) is 13.7. The molecule has 32 heavy (non-hydrogen) atoms. The number of nitrogens with zero attached hydrogens (tertiary/aromatic N) is 6. The van der Waals surface area contributed by atoms with Crippen LogP contribution < -0.4 is 20.7 Å². The van der Waals surface area contributed by atoms with Gasteiger partial charge in [-0.1, -0.05) is 0 Å².